The molecule has 0 spiro atoms. The Morgan fingerprint density at radius 1 is 0.947 bits per heavy atom. The molecule has 3 aromatic carbocycles. The molecule has 2 aliphatic heterocycles. The molecule has 7 nitrogen and oxygen atoms in total. The van der Waals surface area contributed by atoms with E-state index in [-0.39, 0.29) is 30.9 Å². The van der Waals surface area contributed by atoms with Crippen LogP contribution in [0.4, 0.5) is 9.18 Å². The lowest BCUT2D eigenvalue weighted by Crippen LogP contribution is -2.45. The third-order valence-electron chi connectivity index (χ3n) is 7.05. The zero-order valence-electron chi connectivity index (χ0n) is 21.1. The number of hydrogen-bond acceptors (Lipinski definition) is 3. The first kappa shape index (κ1) is 25.2. The zero-order valence-corrected chi connectivity index (χ0v) is 21.1. The second-order valence-corrected chi connectivity index (χ2v) is 9.55. The number of hydrogen-bond donors (Lipinski definition) is 1. The fourth-order valence-electron chi connectivity index (χ4n) is 4.92. The highest BCUT2D eigenvalue weighted by atomic mass is 19.1. The van der Waals surface area contributed by atoms with Gasteiger partial charge >= 0.3 is 6.03 Å². The first-order valence-corrected chi connectivity index (χ1v) is 12.6. The number of nitrogens with zero attached hydrogens (tertiary/aromatic N) is 3. The van der Waals surface area contributed by atoms with Gasteiger partial charge in [-0.3, -0.25) is 14.5 Å². The number of rotatable bonds is 8. The van der Waals surface area contributed by atoms with Crippen LogP contribution in [0, 0.1) is 5.82 Å². The molecule has 3 aromatic rings. The number of nitrogens with one attached hydrogen (secondary N) is 1. The van der Waals surface area contributed by atoms with Crippen LogP contribution in [0.2, 0.25) is 0 Å². The van der Waals surface area contributed by atoms with Crippen molar-refractivity contribution in [2.45, 2.75) is 19.0 Å². The summed E-state index contributed by atoms with van der Waals surface area (Å²) < 4.78 is 13.5. The summed E-state index contributed by atoms with van der Waals surface area (Å²) in [4.78, 5) is 44.5. The van der Waals surface area contributed by atoms with Crippen molar-refractivity contribution in [1.29, 1.82) is 0 Å². The van der Waals surface area contributed by atoms with Crippen LogP contribution in [-0.2, 0) is 22.6 Å². The van der Waals surface area contributed by atoms with Gasteiger partial charge in [0.25, 0.3) is 5.91 Å². The molecular weight excluding hydrogens is 483 g/mol. The van der Waals surface area contributed by atoms with Gasteiger partial charge < -0.3 is 15.1 Å². The van der Waals surface area contributed by atoms with Crippen molar-refractivity contribution >= 4 is 17.8 Å². The number of likely N-dealkylation sites (N-methyl/N-ethyl adjacent to an activating group) is 1. The Morgan fingerprint density at radius 2 is 1.58 bits per heavy atom. The molecule has 194 valence electrons. The van der Waals surface area contributed by atoms with E-state index >= 15 is 0 Å². The van der Waals surface area contributed by atoms with Crippen molar-refractivity contribution in [2.24, 2.45) is 0 Å². The molecule has 0 fully saturated rings. The second-order valence-electron chi connectivity index (χ2n) is 9.55. The largest absolute Gasteiger partial charge is 0.337 e. The molecule has 1 atom stereocenters. The third kappa shape index (κ3) is 5.29. The fraction of sp³-hybridized carbons (Fsp3) is 0.233. The van der Waals surface area contributed by atoms with Crippen LogP contribution in [-0.4, -0.2) is 59.2 Å². The second kappa shape index (κ2) is 10.9. The van der Waals surface area contributed by atoms with Crippen molar-refractivity contribution in [3.63, 3.8) is 0 Å². The van der Waals surface area contributed by atoms with Gasteiger partial charge in [-0.15, -0.1) is 0 Å². The van der Waals surface area contributed by atoms with E-state index in [1.165, 1.54) is 21.9 Å². The normalized spacial score (nSPS) is 16.9. The van der Waals surface area contributed by atoms with E-state index in [1.54, 1.807) is 24.1 Å². The van der Waals surface area contributed by atoms with Gasteiger partial charge in [-0.2, -0.15) is 0 Å². The van der Waals surface area contributed by atoms with Gasteiger partial charge in [0.1, 0.15) is 12.4 Å². The number of amides is 4. The zero-order chi connectivity index (χ0) is 26.6. The fourth-order valence-corrected chi connectivity index (χ4v) is 4.92. The highest BCUT2D eigenvalue weighted by Gasteiger charge is 2.43. The first-order chi connectivity index (χ1) is 18.4. The number of carbonyl (C=O) groups excluding carboxylic acids is 3. The molecule has 4 amide bonds. The minimum absolute atomic E-state index is 0.106. The minimum atomic E-state index is -0.708. The van der Waals surface area contributed by atoms with Crippen molar-refractivity contribution < 1.29 is 18.8 Å². The number of benzene rings is 3. The van der Waals surface area contributed by atoms with Gasteiger partial charge in [-0.05, 0) is 35.2 Å². The lowest BCUT2D eigenvalue weighted by Gasteiger charge is -2.31. The van der Waals surface area contributed by atoms with E-state index in [0.29, 0.717) is 36.3 Å². The van der Waals surface area contributed by atoms with Crippen molar-refractivity contribution in [1.82, 2.24) is 20.0 Å². The Balaban J connectivity index is 1.34. The van der Waals surface area contributed by atoms with Crippen LogP contribution < -0.4 is 5.32 Å². The molecule has 0 radical (unpaired) electrons. The molecule has 0 saturated carbocycles. The molecule has 0 aliphatic carbocycles. The van der Waals surface area contributed by atoms with Gasteiger partial charge in [0.05, 0.1) is 23.9 Å². The summed E-state index contributed by atoms with van der Waals surface area (Å²) in [6.45, 7) is 0.982. The molecule has 0 bridgehead atoms. The summed E-state index contributed by atoms with van der Waals surface area (Å²) in [5.41, 5.74) is 3.70. The van der Waals surface area contributed by atoms with Gasteiger partial charge in [0, 0.05) is 20.1 Å². The van der Waals surface area contributed by atoms with Crippen molar-refractivity contribution in [3.05, 3.63) is 119 Å². The molecule has 2 heterocycles. The van der Waals surface area contributed by atoms with E-state index in [2.05, 4.69) is 5.32 Å². The Kier molecular flexibility index (Phi) is 7.22. The minimum Gasteiger partial charge on any atom is -0.337 e. The van der Waals surface area contributed by atoms with Crippen LogP contribution in [0.3, 0.4) is 0 Å². The maximum absolute atomic E-state index is 13.6. The summed E-state index contributed by atoms with van der Waals surface area (Å²) in [7, 11) is 1.60. The monoisotopic (exact) mass is 512 g/mol. The smallest absolute Gasteiger partial charge is 0.322 e. The van der Waals surface area contributed by atoms with Crippen molar-refractivity contribution in [3.8, 4) is 0 Å². The van der Waals surface area contributed by atoms with E-state index in [0.717, 1.165) is 11.1 Å². The Hall–Kier alpha value is -4.46. The predicted molar refractivity (Wildman–Crippen MR) is 141 cm³/mol. The Morgan fingerprint density at radius 3 is 2.24 bits per heavy atom. The standard InChI is InChI=1S/C30H29FN4O3/c1-33-25-19-35(29(37)27(25)28(32-30(33)38)23-12-14-24(31)15-13-23)20-26(36)34(18-22-10-6-3-7-11-22)17-16-21-8-4-2-5-9-21/h2-15,28H,16-20H2,1H3,(H,32,38)/t28-/m1/s1. The average Bonchev–Trinajstić information content (AvgIpc) is 3.26. The topological polar surface area (TPSA) is 73.0 Å². The lowest BCUT2D eigenvalue weighted by atomic mass is 9.96. The molecule has 1 N–H and O–H groups in total. The highest BCUT2D eigenvalue weighted by Crippen LogP contribution is 2.35. The molecular formula is C30H29FN4O3. The van der Waals surface area contributed by atoms with Crippen LogP contribution in [0.15, 0.2) is 96.2 Å². The van der Waals surface area contributed by atoms with Gasteiger partial charge in [-0.1, -0.05) is 72.8 Å². The molecule has 38 heavy (non-hydrogen) atoms. The van der Waals surface area contributed by atoms with Crippen LogP contribution in [0.1, 0.15) is 22.7 Å². The average molecular weight is 513 g/mol. The van der Waals surface area contributed by atoms with Crippen LogP contribution >= 0.6 is 0 Å². The summed E-state index contributed by atoms with van der Waals surface area (Å²) >= 11 is 0. The summed E-state index contributed by atoms with van der Waals surface area (Å²) in [5, 5.41) is 2.84. The van der Waals surface area contributed by atoms with Crippen LogP contribution in [0.25, 0.3) is 0 Å². The van der Waals surface area contributed by atoms with E-state index in [9.17, 15) is 18.8 Å². The maximum atomic E-state index is 13.6. The Labute approximate surface area is 221 Å². The molecule has 0 unspecified atom stereocenters. The van der Waals surface area contributed by atoms with E-state index in [1.807, 2.05) is 60.7 Å². The first-order valence-electron chi connectivity index (χ1n) is 12.6. The number of carbonyl (C=O) groups is 3. The maximum Gasteiger partial charge on any atom is 0.322 e. The van der Waals surface area contributed by atoms with Gasteiger partial charge in [0.2, 0.25) is 5.91 Å². The highest BCUT2D eigenvalue weighted by molar-refractivity contribution is 6.02. The molecule has 0 saturated heterocycles. The van der Waals surface area contributed by atoms with Crippen molar-refractivity contribution in [2.75, 3.05) is 26.7 Å². The quantitative estimate of drug-likeness (QED) is 0.498. The number of urea groups is 1. The molecule has 0 aromatic heterocycles. The SMILES string of the molecule is CN1C(=O)N[C@H](c2ccc(F)cc2)C2=C1CN(CC(=O)N(CCc1ccccc1)Cc1ccccc1)C2=O. The number of halogens is 1. The third-order valence-corrected chi connectivity index (χ3v) is 7.05. The van der Waals surface area contributed by atoms with Gasteiger partial charge in [0.15, 0.2) is 0 Å². The van der Waals surface area contributed by atoms with Crippen LogP contribution in [0.5, 0.6) is 0 Å². The molecule has 5 rings (SSSR count). The lowest BCUT2D eigenvalue weighted by molar-refractivity contribution is -0.138. The van der Waals surface area contributed by atoms with E-state index in [4.69, 9.17) is 0 Å². The summed E-state index contributed by atoms with van der Waals surface area (Å²) in [6.07, 6.45) is 0.690. The molecule has 2 aliphatic rings. The van der Waals surface area contributed by atoms with Gasteiger partial charge in [-0.25, -0.2) is 9.18 Å². The Bertz CT molecular complexity index is 1360. The predicted octanol–water partition coefficient (Wildman–Crippen LogP) is 3.89. The van der Waals surface area contributed by atoms with E-state index < -0.39 is 11.9 Å². The summed E-state index contributed by atoms with van der Waals surface area (Å²) in [6, 6.07) is 24.4. The summed E-state index contributed by atoms with van der Waals surface area (Å²) in [5.74, 6) is -0.878. The molecule has 8 heteroatoms.